The van der Waals surface area contributed by atoms with Gasteiger partial charge in [0.15, 0.2) is 0 Å². The van der Waals surface area contributed by atoms with Gasteiger partial charge in [0.25, 0.3) is 0 Å². The summed E-state index contributed by atoms with van der Waals surface area (Å²) >= 11 is 0. The number of hydrogen-bond acceptors (Lipinski definition) is 6. The minimum atomic E-state index is -1.12. The van der Waals surface area contributed by atoms with Crippen LogP contribution in [0, 0.1) is 0 Å². The molecule has 1 N–H and O–H groups in total. The molecule has 7 nitrogen and oxygen atoms in total. The number of nitrogens with zero attached hydrogens (tertiary/aromatic N) is 5. The maximum absolute atomic E-state index is 6.10. The third kappa shape index (κ3) is 4.31. The Kier molecular flexibility index (Phi) is 5.77. The average molecular weight is 451 g/mol. The van der Waals surface area contributed by atoms with Gasteiger partial charge in [-0.05, 0) is 37.9 Å². The van der Waals surface area contributed by atoms with Crippen molar-refractivity contribution < 1.29 is 4.74 Å². The van der Waals surface area contributed by atoms with E-state index in [0.717, 1.165) is 49.1 Å². The summed E-state index contributed by atoms with van der Waals surface area (Å²) in [6.45, 7) is 11.7. The predicted octanol–water partition coefficient (Wildman–Crippen LogP) is 4.14. The molecular formula is C24H34N6OSi. The molecule has 8 heteroatoms. The summed E-state index contributed by atoms with van der Waals surface area (Å²) in [7, 11) is -1.12. The van der Waals surface area contributed by atoms with E-state index in [2.05, 4.69) is 56.7 Å². The van der Waals surface area contributed by atoms with E-state index in [-0.39, 0.29) is 5.54 Å². The third-order valence-electron chi connectivity index (χ3n) is 6.86. The molecule has 170 valence electrons. The molecule has 0 bridgehead atoms. The van der Waals surface area contributed by atoms with Crippen LogP contribution in [0.1, 0.15) is 19.3 Å². The van der Waals surface area contributed by atoms with Crippen LogP contribution in [0.4, 0.5) is 5.69 Å². The smallest absolute Gasteiger partial charge is 0.144 e. The molecule has 32 heavy (non-hydrogen) atoms. The minimum Gasteiger partial charge on any atom is -0.369 e. The minimum absolute atomic E-state index is 0.272. The number of nitrogens with one attached hydrogen (secondary N) is 1. The number of fused-ring (bicyclic) bond motifs is 1. The van der Waals surface area contributed by atoms with E-state index < -0.39 is 8.07 Å². The van der Waals surface area contributed by atoms with Gasteiger partial charge in [0.05, 0.1) is 5.39 Å². The Morgan fingerprint density at radius 2 is 2.03 bits per heavy atom. The lowest BCUT2D eigenvalue weighted by molar-refractivity contribution is 0.0899. The Hall–Kier alpha value is -2.29. The molecule has 0 radical (unpaired) electrons. The number of hydrogen-bond donors (Lipinski definition) is 1. The number of aromatic nitrogens is 4. The fraction of sp³-hybridized carbons (Fsp3) is 0.542. The first-order chi connectivity index (χ1) is 15.4. The van der Waals surface area contributed by atoms with Gasteiger partial charge in [-0.2, -0.15) is 0 Å². The first-order valence-electron chi connectivity index (χ1n) is 11.8. The quantitative estimate of drug-likeness (QED) is 0.431. The zero-order valence-corrected chi connectivity index (χ0v) is 20.5. The SMILES string of the molecule is C[Si](C)(C)CCOCn1cc(-c2cncnc2)c2c(N3CC[C@@]4(CCCN4)C3)ccnc21. The second-order valence-electron chi connectivity index (χ2n) is 10.5. The summed E-state index contributed by atoms with van der Waals surface area (Å²) in [5.74, 6) is 0. The van der Waals surface area contributed by atoms with E-state index in [1.165, 1.54) is 30.3 Å². The van der Waals surface area contributed by atoms with E-state index in [9.17, 15) is 0 Å². The lowest BCUT2D eigenvalue weighted by Crippen LogP contribution is -2.42. The molecule has 2 aliphatic rings. The average Bonchev–Trinajstić information content (AvgIpc) is 3.51. The molecule has 3 aromatic heterocycles. The van der Waals surface area contributed by atoms with Gasteiger partial charge in [-0.25, -0.2) is 15.0 Å². The van der Waals surface area contributed by atoms with Crippen LogP contribution in [0.25, 0.3) is 22.2 Å². The zero-order chi connectivity index (χ0) is 22.2. The van der Waals surface area contributed by atoms with Gasteiger partial charge in [0.1, 0.15) is 18.7 Å². The highest BCUT2D eigenvalue weighted by atomic mass is 28.3. The van der Waals surface area contributed by atoms with E-state index in [1.807, 2.05) is 18.6 Å². The fourth-order valence-corrected chi connectivity index (χ4v) is 5.81. The first-order valence-corrected chi connectivity index (χ1v) is 15.5. The van der Waals surface area contributed by atoms with Crippen molar-refractivity contribution in [3.05, 3.63) is 37.2 Å². The second-order valence-corrected chi connectivity index (χ2v) is 16.1. The van der Waals surface area contributed by atoms with Crippen LogP contribution < -0.4 is 10.2 Å². The standard InChI is InChI=1S/C24H34N6OSi/c1-32(2,3)12-11-31-18-30-15-20(19-13-25-17-26-14-19)22-21(5-9-27-23(22)30)29-10-7-24(16-29)6-4-8-28-24/h5,9,13-15,17,28H,4,6-8,10-12,16,18H2,1-3H3/t24-/m0/s1. The molecule has 0 aromatic carbocycles. The molecule has 2 fully saturated rings. The molecule has 2 aliphatic heterocycles. The highest BCUT2D eigenvalue weighted by Crippen LogP contribution is 2.40. The summed E-state index contributed by atoms with van der Waals surface area (Å²) in [6, 6.07) is 3.33. The molecule has 0 aliphatic carbocycles. The van der Waals surface area contributed by atoms with Gasteiger partial charge in [0, 0.05) is 74.9 Å². The maximum Gasteiger partial charge on any atom is 0.144 e. The molecule has 5 heterocycles. The van der Waals surface area contributed by atoms with Crippen LogP contribution in [0.15, 0.2) is 37.2 Å². The van der Waals surface area contributed by atoms with Crippen molar-refractivity contribution in [3.63, 3.8) is 0 Å². The lowest BCUT2D eigenvalue weighted by atomic mass is 9.97. The summed E-state index contributed by atoms with van der Waals surface area (Å²) < 4.78 is 8.24. The van der Waals surface area contributed by atoms with Crippen LogP contribution in [-0.4, -0.2) is 59.4 Å². The molecule has 3 aromatic rings. The molecule has 5 rings (SSSR count). The van der Waals surface area contributed by atoms with E-state index in [1.54, 1.807) is 6.33 Å². The van der Waals surface area contributed by atoms with E-state index in [0.29, 0.717) is 6.73 Å². The Bertz CT molecular complexity index is 1070. The zero-order valence-electron chi connectivity index (χ0n) is 19.5. The number of anilines is 1. The van der Waals surface area contributed by atoms with Crippen molar-refractivity contribution >= 4 is 24.8 Å². The van der Waals surface area contributed by atoms with Gasteiger partial charge in [-0.3, -0.25) is 0 Å². The first kappa shape index (κ1) is 21.5. The van der Waals surface area contributed by atoms with Crippen LogP contribution >= 0.6 is 0 Å². The number of rotatable bonds is 7. The van der Waals surface area contributed by atoms with Gasteiger partial charge in [0.2, 0.25) is 0 Å². The van der Waals surface area contributed by atoms with Crippen LogP contribution in [0.5, 0.6) is 0 Å². The summed E-state index contributed by atoms with van der Waals surface area (Å²) in [5, 5.41) is 4.95. The van der Waals surface area contributed by atoms with E-state index in [4.69, 9.17) is 9.72 Å². The largest absolute Gasteiger partial charge is 0.369 e. The van der Waals surface area contributed by atoms with Crippen molar-refractivity contribution in [3.8, 4) is 11.1 Å². The predicted molar refractivity (Wildman–Crippen MR) is 132 cm³/mol. The summed E-state index contributed by atoms with van der Waals surface area (Å²) in [4.78, 5) is 15.9. The Labute approximate surface area is 191 Å². The molecule has 2 saturated heterocycles. The van der Waals surface area contributed by atoms with Crippen molar-refractivity contribution in [2.75, 3.05) is 31.1 Å². The lowest BCUT2D eigenvalue weighted by Gasteiger charge is -2.26. The van der Waals surface area contributed by atoms with Crippen molar-refractivity contribution in [2.45, 2.75) is 57.2 Å². The highest BCUT2D eigenvalue weighted by molar-refractivity contribution is 6.76. The Morgan fingerprint density at radius 3 is 2.78 bits per heavy atom. The van der Waals surface area contributed by atoms with Gasteiger partial charge in [-0.1, -0.05) is 19.6 Å². The molecular weight excluding hydrogens is 416 g/mol. The molecule has 0 amide bonds. The fourth-order valence-electron chi connectivity index (χ4n) is 5.05. The van der Waals surface area contributed by atoms with E-state index >= 15 is 0 Å². The normalized spacial score (nSPS) is 21.3. The molecule has 1 atom stereocenters. The van der Waals surface area contributed by atoms with Crippen LogP contribution in [0.2, 0.25) is 25.7 Å². The van der Waals surface area contributed by atoms with Gasteiger partial charge < -0.3 is 19.5 Å². The highest BCUT2D eigenvalue weighted by Gasteiger charge is 2.40. The van der Waals surface area contributed by atoms with Crippen molar-refractivity contribution in [2.24, 2.45) is 0 Å². The second kappa shape index (κ2) is 8.57. The summed E-state index contributed by atoms with van der Waals surface area (Å²) in [5.41, 5.74) is 4.63. The summed E-state index contributed by atoms with van der Waals surface area (Å²) in [6.07, 6.45) is 13.2. The Morgan fingerprint density at radius 1 is 1.19 bits per heavy atom. The molecule has 1 spiro atoms. The Balaban J connectivity index is 1.50. The van der Waals surface area contributed by atoms with Crippen molar-refractivity contribution in [1.29, 1.82) is 0 Å². The van der Waals surface area contributed by atoms with Gasteiger partial charge >= 0.3 is 0 Å². The molecule has 0 unspecified atom stereocenters. The van der Waals surface area contributed by atoms with Crippen LogP contribution in [0.3, 0.4) is 0 Å². The topological polar surface area (TPSA) is 68.1 Å². The van der Waals surface area contributed by atoms with Gasteiger partial charge in [-0.15, -0.1) is 0 Å². The van der Waals surface area contributed by atoms with Crippen molar-refractivity contribution in [1.82, 2.24) is 24.8 Å². The number of ether oxygens (including phenoxy) is 1. The molecule has 0 saturated carbocycles. The van der Waals surface area contributed by atoms with Crippen LogP contribution in [-0.2, 0) is 11.5 Å². The third-order valence-corrected chi connectivity index (χ3v) is 8.56. The maximum atomic E-state index is 6.10. The monoisotopic (exact) mass is 450 g/mol. The number of pyridine rings is 1.